The molecule has 0 fully saturated rings. The molecular weight excluding hydrogens is 817 g/mol. The van der Waals surface area contributed by atoms with Gasteiger partial charge in [0.1, 0.15) is 13.2 Å². The summed E-state index contributed by atoms with van der Waals surface area (Å²) in [6.45, 7) is 6.63. The molecule has 0 radical (unpaired) electrons. The fraction of sp³-hybridized carbons (Fsp3) is 0.883. The molecule has 1 atom stereocenters. The van der Waals surface area contributed by atoms with Crippen molar-refractivity contribution in [1.29, 1.82) is 0 Å². The SMILES string of the molecule is CCCC/C=C\CCCCCCCC(=O)OCC(COC(=O)CCCCCCCCCCCCCCC/C=C\CCCCCCCCCC)OC(=O)CCCCCCCCCCCCCC. The minimum Gasteiger partial charge on any atom is -0.462 e. The first-order chi connectivity index (χ1) is 32.5. The van der Waals surface area contributed by atoms with Crippen LogP contribution in [0, 0.1) is 0 Å². The summed E-state index contributed by atoms with van der Waals surface area (Å²) in [6, 6.07) is 0. The molecule has 0 bridgehead atoms. The van der Waals surface area contributed by atoms with Crippen molar-refractivity contribution >= 4 is 17.9 Å². The zero-order valence-electron chi connectivity index (χ0n) is 44.5. The zero-order chi connectivity index (χ0) is 47.9. The number of hydrogen-bond donors (Lipinski definition) is 0. The highest BCUT2D eigenvalue weighted by atomic mass is 16.6. The second-order valence-corrected chi connectivity index (χ2v) is 19.9. The Morgan fingerprint density at radius 1 is 0.288 bits per heavy atom. The van der Waals surface area contributed by atoms with Crippen LogP contribution in [0.3, 0.4) is 0 Å². The number of hydrogen-bond acceptors (Lipinski definition) is 6. The fourth-order valence-corrected chi connectivity index (χ4v) is 8.71. The lowest BCUT2D eigenvalue weighted by atomic mass is 10.0. The number of allylic oxidation sites excluding steroid dienone is 4. The Balaban J connectivity index is 4.15. The Morgan fingerprint density at radius 2 is 0.515 bits per heavy atom. The normalized spacial score (nSPS) is 12.1. The molecule has 1 unspecified atom stereocenters. The maximum absolute atomic E-state index is 12.8. The quantitative estimate of drug-likeness (QED) is 0.0262. The third kappa shape index (κ3) is 52.9. The van der Waals surface area contributed by atoms with Crippen LogP contribution in [0.1, 0.15) is 323 Å². The van der Waals surface area contributed by atoms with Gasteiger partial charge < -0.3 is 14.2 Å². The Morgan fingerprint density at radius 3 is 0.803 bits per heavy atom. The predicted molar refractivity (Wildman–Crippen MR) is 284 cm³/mol. The van der Waals surface area contributed by atoms with E-state index in [1.165, 1.54) is 218 Å². The van der Waals surface area contributed by atoms with Crippen molar-refractivity contribution in [2.75, 3.05) is 13.2 Å². The van der Waals surface area contributed by atoms with Crippen molar-refractivity contribution in [2.24, 2.45) is 0 Å². The number of rotatable bonds is 54. The topological polar surface area (TPSA) is 78.9 Å². The number of esters is 3. The number of ether oxygens (including phenoxy) is 3. The second kappa shape index (κ2) is 55.5. The Hall–Kier alpha value is -2.11. The standard InChI is InChI=1S/C60H112O6/c1-4-7-10-13-16-19-22-24-25-26-27-28-29-30-31-32-33-34-35-36-39-41-44-47-50-53-59(62)65-56-57(55-64-58(61)52-49-46-43-40-37-21-18-15-12-9-6-3)66-60(63)54-51-48-45-42-38-23-20-17-14-11-8-5-2/h15,18,26-27,57H,4-14,16-17,19-25,28-56H2,1-3H3/b18-15-,27-26-. The number of unbranched alkanes of at least 4 members (excludes halogenated alkanes) is 39. The molecular formula is C60H112O6. The molecule has 0 amide bonds. The van der Waals surface area contributed by atoms with Gasteiger partial charge in [-0.05, 0) is 64.2 Å². The predicted octanol–water partition coefficient (Wildman–Crippen LogP) is 19.5. The minimum absolute atomic E-state index is 0.0695. The van der Waals surface area contributed by atoms with Crippen molar-refractivity contribution in [3.05, 3.63) is 24.3 Å². The van der Waals surface area contributed by atoms with E-state index in [2.05, 4.69) is 45.1 Å². The van der Waals surface area contributed by atoms with Gasteiger partial charge in [-0.1, -0.05) is 263 Å². The molecule has 0 aromatic carbocycles. The third-order valence-corrected chi connectivity index (χ3v) is 13.2. The first-order valence-corrected chi connectivity index (χ1v) is 29.3. The van der Waals surface area contributed by atoms with Crippen LogP contribution in [0.15, 0.2) is 24.3 Å². The van der Waals surface area contributed by atoms with Crippen LogP contribution in [0.25, 0.3) is 0 Å². The maximum Gasteiger partial charge on any atom is 0.306 e. The first-order valence-electron chi connectivity index (χ1n) is 29.3. The van der Waals surface area contributed by atoms with Crippen molar-refractivity contribution in [2.45, 2.75) is 329 Å². The van der Waals surface area contributed by atoms with Gasteiger partial charge >= 0.3 is 17.9 Å². The molecule has 0 aliphatic heterocycles. The van der Waals surface area contributed by atoms with Crippen molar-refractivity contribution in [1.82, 2.24) is 0 Å². The third-order valence-electron chi connectivity index (χ3n) is 13.2. The smallest absolute Gasteiger partial charge is 0.306 e. The van der Waals surface area contributed by atoms with Gasteiger partial charge in [0.25, 0.3) is 0 Å². The van der Waals surface area contributed by atoms with Crippen molar-refractivity contribution in [3.8, 4) is 0 Å². The lowest BCUT2D eigenvalue weighted by Crippen LogP contribution is -2.30. The van der Waals surface area contributed by atoms with Crippen LogP contribution in [0.5, 0.6) is 0 Å². The number of carbonyl (C=O) groups excluding carboxylic acids is 3. The van der Waals surface area contributed by atoms with Gasteiger partial charge in [-0.25, -0.2) is 0 Å². The molecule has 66 heavy (non-hydrogen) atoms. The van der Waals surface area contributed by atoms with E-state index in [1.54, 1.807) is 0 Å². The van der Waals surface area contributed by atoms with Gasteiger partial charge in [0.05, 0.1) is 0 Å². The average Bonchev–Trinajstić information content (AvgIpc) is 3.31. The first kappa shape index (κ1) is 63.9. The highest BCUT2D eigenvalue weighted by Crippen LogP contribution is 2.17. The molecule has 0 aromatic rings. The van der Waals surface area contributed by atoms with Gasteiger partial charge in [0.2, 0.25) is 0 Å². The lowest BCUT2D eigenvalue weighted by molar-refractivity contribution is -0.167. The summed E-state index contributed by atoms with van der Waals surface area (Å²) in [5.41, 5.74) is 0. The van der Waals surface area contributed by atoms with Crippen LogP contribution >= 0.6 is 0 Å². The molecule has 0 saturated carbocycles. The molecule has 6 nitrogen and oxygen atoms in total. The average molecular weight is 930 g/mol. The fourth-order valence-electron chi connectivity index (χ4n) is 8.71. The Kier molecular flexibility index (Phi) is 53.7. The van der Waals surface area contributed by atoms with Crippen molar-refractivity contribution < 1.29 is 28.6 Å². The van der Waals surface area contributed by atoms with Crippen molar-refractivity contribution in [3.63, 3.8) is 0 Å². The second-order valence-electron chi connectivity index (χ2n) is 19.9. The monoisotopic (exact) mass is 929 g/mol. The molecule has 0 rings (SSSR count). The molecule has 6 heteroatoms. The Labute approximate surface area is 411 Å². The minimum atomic E-state index is -0.769. The number of carbonyl (C=O) groups is 3. The molecule has 0 aliphatic carbocycles. The molecule has 0 saturated heterocycles. The van der Waals surface area contributed by atoms with Crippen LogP contribution < -0.4 is 0 Å². The summed E-state index contributed by atoms with van der Waals surface area (Å²) >= 11 is 0. The van der Waals surface area contributed by atoms with Gasteiger partial charge in [0, 0.05) is 19.3 Å². The molecule has 388 valence electrons. The summed E-state index contributed by atoms with van der Waals surface area (Å²) in [5, 5.41) is 0. The highest BCUT2D eigenvalue weighted by molar-refractivity contribution is 5.71. The summed E-state index contributed by atoms with van der Waals surface area (Å²) in [7, 11) is 0. The van der Waals surface area contributed by atoms with Gasteiger partial charge in [-0.3, -0.25) is 14.4 Å². The van der Waals surface area contributed by atoms with Gasteiger partial charge in [-0.2, -0.15) is 0 Å². The van der Waals surface area contributed by atoms with E-state index in [0.717, 1.165) is 64.2 Å². The van der Waals surface area contributed by atoms with E-state index in [0.29, 0.717) is 19.3 Å². The van der Waals surface area contributed by atoms with Gasteiger partial charge in [0.15, 0.2) is 6.10 Å². The largest absolute Gasteiger partial charge is 0.462 e. The van der Waals surface area contributed by atoms with Crippen LogP contribution in [-0.2, 0) is 28.6 Å². The summed E-state index contributed by atoms with van der Waals surface area (Å²) < 4.78 is 16.8. The van der Waals surface area contributed by atoms with Crippen LogP contribution in [0.2, 0.25) is 0 Å². The van der Waals surface area contributed by atoms with Gasteiger partial charge in [-0.15, -0.1) is 0 Å². The lowest BCUT2D eigenvalue weighted by Gasteiger charge is -2.18. The maximum atomic E-state index is 12.8. The Bertz CT molecular complexity index is 1070. The van der Waals surface area contributed by atoms with E-state index in [-0.39, 0.29) is 31.1 Å². The van der Waals surface area contributed by atoms with E-state index in [4.69, 9.17) is 14.2 Å². The zero-order valence-corrected chi connectivity index (χ0v) is 44.5. The molecule has 0 aromatic heterocycles. The molecule has 0 spiro atoms. The van der Waals surface area contributed by atoms with Crippen LogP contribution in [0.4, 0.5) is 0 Å². The summed E-state index contributed by atoms with van der Waals surface area (Å²) in [6.07, 6.45) is 64.7. The highest BCUT2D eigenvalue weighted by Gasteiger charge is 2.19. The van der Waals surface area contributed by atoms with E-state index in [9.17, 15) is 14.4 Å². The summed E-state index contributed by atoms with van der Waals surface area (Å²) in [4.78, 5) is 38.0. The molecule has 0 aliphatic rings. The molecule has 0 N–H and O–H groups in total. The molecule has 0 heterocycles. The van der Waals surface area contributed by atoms with E-state index in [1.807, 2.05) is 0 Å². The van der Waals surface area contributed by atoms with E-state index < -0.39 is 6.10 Å². The summed E-state index contributed by atoms with van der Waals surface area (Å²) in [5.74, 6) is -0.863. The van der Waals surface area contributed by atoms with E-state index >= 15 is 0 Å². The van der Waals surface area contributed by atoms with Crippen LogP contribution in [-0.4, -0.2) is 37.2 Å².